The van der Waals surface area contributed by atoms with Crippen molar-refractivity contribution in [2.24, 2.45) is 0 Å². The predicted molar refractivity (Wildman–Crippen MR) is 64.0 cm³/mol. The Kier molecular flexibility index (Phi) is 3.90. The van der Waals surface area contributed by atoms with Crippen molar-refractivity contribution in [3.05, 3.63) is 20.8 Å². The number of hydrogen-bond donors (Lipinski definition) is 1. The van der Waals surface area contributed by atoms with Crippen LogP contribution in [0.15, 0.2) is 15.9 Å². The molecule has 0 saturated carbocycles. The summed E-state index contributed by atoms with van der Waals surface area (Å²) in [6, 6.07) is 1.96. The standard InChI is InChI=1S/C9H11BrO2S2/c10-6-1-3-14-9(6)8(11)7-5-13-4-2-12-7/h1,3,7-8,11H,2,4-5H2. The molecule has 2 atom stereocenters. The predicted octanol–water partition coefficient (Wildman–Crippen LogP) is 2.68. The highest BCUT2D eigenvalue weighted by Crippen LogP contribution is 2.33. The van der Waals surface area contributed by atoms with Crippen LogP contribution in [0.5, 0.6) is 0 Å². The van der Waals surface area contributed by atoms with E-state index in [1.807, 2.05) is 23.2 Å². The summed E-state index contributed by atoms with van der Waals surface area (Å²) in [6.07, 6.45) is -0.541. The van der Waals surface area contributed by atoms with Gasteiger partial charge in [-0.1, -0.05) is 0 Å². The maximum Gasteiger partial charge on any atom is 0.116 e. The van der Waals surface area contributed by atoms with Gasteiger partial charge in [0.05, 0.1) is 12.7 Å². The van der Waals surface area contributed by atoms with Gasteiger partial charge in [-0.3, -0.25) is 0 Å². The van der Waals surface area contributed by atoms with Crippen LogP contribution in [0.4, 0.5) is 0 Å². The van der Waals surface area contributed by atoms with Gasteiger partial charge in [-0.25, -0.2) is 0 Å². The molecule has 2 unspecified atom stereocenters. The molecule has 14 heavy (non-hydrogen) atoms. The molecule has 1 N–H and O–H groups in total. The van der Waals surface area contributed by atoms with Gasteiger partial charge in [-0.15, -0.1) is 11.3 Å². The van der Waals surface area contributed by atoms with Crippen LogP contribution in [0.1, 0.15) is 11.0 Å². The minimum atomic E-state index is -0.489. The third-order valence-corrected chi connectivity index (χ3v) is 5.07. The summed E-state index contributed by atoms with van der Waals surface area (Å²) in [5, 5.41) is 12.0. The lowest BCUT2D eigenvalue weighted by atomic mass is 10.2. The summed E-state index contributed by atoms with van der Waals surface area (Å²) < 4.78 is 6.51. The monoisotopic (exact) mass is 294 g/mol. The van der Waals surface area contributed by atoms with Crippen LogP contribution < -0.4 is 0 Å². The first kappa shape index (κ1) is 11.0. The molecule has 1 aliphatic rings. The van der Waals surface area contributed by atoms with E-state index in [9.17, 15) is 5.11 Å². The number of rotatable bonds is 2. The Labute approximate surface area is 99.8 Å². The number of thiophene rings is 1. The molecule has 2 nitrogen and oxygen atoms in total. The van der Waals surface area contributed by atoms with Crippen LogP contribution in [0.25, 0.3) is 0 Å². The summed E-state index contributed by atoms with van der Waals surface area (Å²) in [5.41, 5.74) is 0. The molecule has 0 aromatic carbocycles. The SMILES string of the molecule is OC(c1sccc1Br)C1CSCCO1. The summed E-state index contributed by atoms with van der Waals surface area (Å²) in [5.74, 6) is 1.92. The third kappa shape index (κ3) is 2.33. The van der Waals surface area contributed by atoms with Crippen molar-refractivity contribution in [1.29, 1.82) is 0 Å². The molecule has 1 aliphatic heterocycles. The van der Waals surface area contributed by atoms with E-state index in [1.54, 1.807) is 11.3 Å². The van der Waals surface area contributed by atoms with Gasteiger partial charge in [-0.05, 0) is 27.4 Å². The second-order valence-electron chi connectivity index (χ2n) is 3.06. The van der Waals surface area contributed by atoms with Gasteiger partial charge in [0, 0.05) is 20.9 Å². The highest BCUT2D eigenvalue weighted by molar-refractivity contribution is 9.10. The van der Waals surface area contributed by atoms with Gasteiger partial charge in [-0.2, -0.15) is 11.8 Å². The molecule has 0 amide bonds. The number of aliphatic hydroxyl groups is 1. The van der Waals surface area contributed by atoms with Crippen LogP contribution in [-0.2, 0) is 4.74 Å². The first-order chi connectivity index (χ1) is 6.79. The number of halogens is 1. The van der Waals surface area contributed by atoms with Crippen molar-refractivity contribution < 1.29 is 9.84 Å². The average Bonchev–Trinajstić information content (AvgIpc) is 2.65. The largest absolute Gasteiger partial charge is 0.385 e. The minimum absolute atomic E-state index is 0.0521. The Morgan fingerprint density at radius 1 is 1.64 bits per heavy atom. The van der Waals surface area contributed by atoms with Crippen molar-refractivity contribution in [2.45, 2.75) is 12.2 Å². The van der Waals surface area contributed by atoms with Crippen molar-refractivity contribution in [3.8, 4) is 0 Å². The van der Waals surface area contributed by atoms with Crippen molar-refractivity contribution in [1.82, 2.24) is 0 Å². The molecule has 0 spiro atoms. The maximum atomic E-state index is 10.1. The van der Waals surface area contributed by atoms with Crippen LogP contribution >= 0.6 is 39.0 Å². The van der Waals surface area contributed by atoms with Crippen molar-refractivity contribution in [3.63, 3.8) is 0 Å². The van der Waals surface area contributed by atoms with E-state index in [4.69, 9.17) is 4.74 Å². The molecule has 5 heteroatoms. The van der Waals surface area contributed by atoms with Crippen molar-refractivity contribution in [2.75, 3.05) is 18.1 Å². The molecular weight excluding hydrogens is 284 g/mol. The summed E-state index contributed by atoms with van der Waals surface area (Å²) >= 11 is 6.83. The number of hydrogen-bond acceptors (Lipinski definition) is 4. The van der Waals surface area contributed by atoms with E-state index in [-0.39, 0.29) is 6.10 Å². The van der Waals surface area contributed by atoms with Gasteiger partial charge in [0.15, 0.2) is 0 Å². The Bertz CT molecular complexity index is 297. The molecule has 1 fully saturated rings. The normalized spacial score (nSPS) is 24.9. The number of ether oxygens (including phenoxy) is 1. The molecule has 1 saturated heterocycles. The van der Waals surface area contributed by atoms with E-state index in [2.05, 4.69) is 15.9 Å². The van der Waals surface area contributed by atoms with Gasteiger partial charge >= 0.3 is 0 Å². The average molecular weight is 295 g/mol. The van der Waals surface area contributed by atoms with Gasteiger partial charge in [0.25, 0.3) is 0 Å². The first-order valence-corrected chi connectivity index (χ1v) is 7.22. The molecule has 1 aromatic rings. The maximum absolute atomic E-state index is 10.1. The molecule has 0 bridgehead atoms. The highest BCUT2D eigenvalue weighted by Gasteiger charge is 2.26. The summed E-state index contributed by atoms with van der Waals surface area (Å²) in [6.45, 7) is 0.745. The van der Waals surface area contributed by atoms with Crippen LogP contribution in [0.3, 0.4) is 0 Å². The Hall–Kier alpha value is 0.450. The Balaban J connectivity index is 2.07. The van der Waals surface area contributed by atoms with E-state index in [0.29, 0.717) is 0 Å². The number of thioether (sulfide) groups is 1. The smallest absolute Gasteiger partial charge is 0.116 e. The zero-order chi connectivity index (χ0) is 9.97. The van der Waals surface area contributed by atoms with Crippen LogP contribution in [-0.4, -0.2) is 29.3 Å². The lowest BCUT2D eigenvalue weighted by Gasteiger charge is -2.26. The highest BCUT2D eigenvalue weighted by atomic mass is 79.9. The van der Waals surface area contributed by atoms with Crippen LogP contribution in [0.2, 0.25) is 0 Å². The molecule has 1 aromatic heterocycles. The molecule has 2 rings (SSSR count). The fourth-order valence-corrected chi connectivity index (χ4v) is 3.91. The summed E-state index contributed by atoms with van der Waals surface area (Å²) in [7, 11) is 0. The van der Waals surface area contributed by atoms with Gasteiger partial charge in [0.2, 0.25) is 0 Å². The van der Waals surface area contributed by atoms with E-state index < -0.39 is 6.10 Å². The lowest BCUT2D eigenvalue weighted by molar-refractivity contribution is -0.0214. The first-order valence-electron chi connectivity index (χ1n) is 4.39. The van der Waals surface area contributed by atoms with Crippen LogP contribution in [0, 0.1) is 0 Å². The molecular formula is C9H11BrO2S2. The molecule has 0 radical (unpaired) electrons. The quantitative estimate of drug-likeness (QED) is 0.909. The Morgan fingerprint density at radius 2 is 2.50 bits per heavy atom. The second-order valence-corrected chi connectivity index (χ2v) is 6.01. The number of aliphatic hydroxyl groups excluding tert-OH is 1. The minimum Gasteiger partial charge on any atom is -0.385 e. The molecule has 2 heterocycles. The fourth-order valence-electron chi connectivity index (χ4n) is 1.37. The van der Waals surface area contributed by atoms with E-state index in [0.717, 1.165) is 27.5 Å². The zero-order valence-corrected chi connectivity index (χ0v) is 10.7. The van der Waals surface area contributed by atoms with E-state index >= 15 is 0 Å². The third-order valence-electron chi connectivity index (χ3n) is 2.11. The second kappa shape index (κ2) is 4.99. The fraction of sp³-hybridized carbons (Fsp3) is 0.556. The Morgan fingerprint density at radius 3 is 3.07 bits per heavy atom. The van der Waals surface area contributed by atoms with E-state index in [1.165, 1.54) is 0 Å². The van der Waals surface area contributed by atoms with Crippen molar-refractivity contribution >= 4 is 39.0 Å². The van der Waals surface area contributed by atoms with Gasteiger partial charge < -0.3 is 9.84 Å². The molecule has 0 aliphatic carbocycles. The zero-order valence-electron chi connectivity index (χ0n) is 7.48. The summed E-state index contributed by atoms with van der Waals surface area (Å²) in [4.78, 5) is 0.970. The molecule has 78 valence electrons. The topological polar surface area (TPSA) is 29.5 Å². The lowest BCUT2D eigenvalue weighted by Crippen LogP contribution is -2.29. The van der Waals surface area contributed by atoms with Gasteiger partial charge in [0.1, 0.15) is 6.10 Å².